The van der Waals surface area contributed by atoms with E-state index >= 15 is 0 Å². The van der Waals surface area contributed by atoms with Gasteiger partial charge in [0.1, 0.15) is 11.3 Å². The molecule has 0 atom stereocenters. The maximum atomic E-state index is 12.8. The fourth-order valence-corrected chi connectivity index (χ4v) is 2.85. The molecular weight excluding hydrogens is 336 g/mol. The van der Waals surface area contributed by atoms with Gasteiger partial charge in [-0.25, -0.2) is 0 Å². The van der Waals surface area contributed by atoms with Crippen molar-refractivity contribution in [1.29, 1.82) is 0 Å². The molecule has 1 N–H and O–H groups in total. The van der Waals surface area contributed by atoms with Crippen molar-refractivity contribution >= 4 is 40.9 Å². The molecule has 126 valence electrons. The normalized spacial score (nSPS) is 16.8. The quantitative estimate of drug-likeness (QED) is 0.523. The molecule has 2 amide bonds. The fourth-order valence-electron chi connectivity index (χ4n) is 2.58. The molecule has 0 aliphatic carbocycles. The zero-order valence-electron chi connectivity index (χ0n) is 13.8. The molecule has 0 unspecified atom stereocenters. The van der Waals surface area contributed by atoms with E-state index in [9.17, 15) is 9.59 Å². The van der Waals surface area contributed by atoms with Crippen LogP contribution in [0.5, 0.6) is 0 Å². The Hall–Kier alpha value is -2.99. The van der Waals surface area contributed by atoms with Crippen molar-refractivity contribution in [3.8, 4) is 0 Å². The monoisotopic (exact) mass is 352 g/mol. The van der Waals surface area contributed by atoms with Crippen LogP contribution in [0.4, 0.5) is 5.69 Å². The minimum absolute atomic E-state index is 0.0105. The van der Waals surface area contributed by atoms with Crippen molar-refractivity contribution in [2.24, 2.45) is 0 Å². The highest BCUT2D eigenvalue weighted by molar-refractivity contribution is 7.80. The van der Waals surface area contributed by atoms with Crippen molar-refractivity contribution in [2.45, 2.75) is 13.8 Å². The van der Waals surface area contributed by atoms with Gasteiger partial charge in [0.15, 0.2) is 5.11 Å². The molecule has 1 fully saturated rings. The van der Waals surface area contributed by atoms with Gasteiger partial charge in [-0.3, -0.25) is 19.8 Å². The van der Waals surface area contributed by atoms with Crippen LogP contribution < -0.4 is 10.2 Å². The molecule has 1 aromatic heterocycles. The molecule has 2 aromatic rings. The second-order valence-corrected chi connectivity index (χ2v) is 6.03. The van der Waals surface area contributed by atoms with Crippen LogP contribution in [-0.2, 0) is 9.59 Å². The number of rotatable bonds is 3. The lowest BCUT2D eigenvalue weighted by atomic mass is 10.1. The van der Waals surface area contributed by atoms with Crippen LogP contribution in [0.2, 0.25) is 0 Å². The number of amides is 2. The fraction of sp³-hybridized carbons (Fsp3) is 0.105. The number of nitrogens with one attached hydrogen (secondary N) is 1. The van der Waals surface area contributed by atoms with E-state index in [0.29, 0.717) is 11.4 Å². The lowest BCUT2D eigenvalue weighted by molar-refractivity contribution is -0.122. The third-order valence-electron chi connectivity index (χ3n) is 3.76. The topological polar surface area (TPSA) is 62.6 Å². The van der Waals surface area contributed by atoms with Crippen LogP contribution in [-0.4, -0.2) is 16.9 Å². The van der Waals surface area contributed by atoms with E-state index in [0.717, 1.165) is 11.1 Å². The highest BCUT2D eigenvalue weighted by atomic mass is 32.1. The summed E-state index contributed by atoms with van der Waals surface area (Å²) in [5, 5.41) is 2.64. The molecule has 5 nitrogen and oxygen atoms in total. The van der Waals surface area contributed by atoms with E-state index in [2.05, 4.69) is 5.32 Å². The number of anilines is 1. The Morgan fingerprint density at radius 3 is 2.68 bits per heavy atom. The highest BCUT2D eigenvalue weighted by Crippen LogP contribution is 2.25. The van der Waals surface area contributed by atoms with Gasteiger partial charge in [0.05, 0.1) is 12.0 Å². The van der Waals surface area contributed by atoms with Crippen molar-refractivity contribution in [3.63, 3.8) is 0 Å². The van der Waals surface area contributed by atoms with Crippen LogP contribution in [0.25, 0.3) is 6.08 Å². The second-order valence-electron chi connectivity index (χ2n) is 5.64. The van der Waals surface area contributed by atoms with Crippen molar-refractivity contribution in [3.05, 3.63) is 71.2 Å². The maximum absolute atomic E-state index is 12.8. The summed E-state index contributed by atoms with van der Waals surface area (Å²) in [6.07, 6.45) is 6.27. The number of hydrogen-bond acceptors (Lipinski definition) is 4. The minimum atomic E-state index is -0.514. The summed E-state index contributed by atoms with van der Waals surface area (Å²) in [4.78, 5) is 26.3. The molecule has 2 heterocycles. The molecule has 6 heteroatoms. The van der Waals surface area contributed by atoms with Gasteiger partial charge in [-0.15, -0.1) is 0 Å². The molecule has 25 heavy (non-hydrogen) atoms. The van der Waals surface area contributed by atoms with Crippen LogP contribution >= 0.6 is 12.2 Å². The third kappa shape index (κ3) is 3.44. The predicted molar refractivity (Wildman–Crippen MR) is 100.0 cm³/mol. The Morgan fingerprint density at radius 1 is 1.20 bits per heavy atom. The van der Waals surface area contributed by atoms with Gasteiger partial charge in [-0.1, -0.05) is 23.8 Å². The number of nitrogens with zero attached hydrogens (tertiary/aromatic N) is 1. The van der Waals surface area contributed by atoms with Gasteiger partial charge in [0, 0.05) is 0 Å². The number of carbonyl (C=O) groups is 2. The smallest absolute Gasteiger partial charge is 0.270 e. The summed E-state index contributed by atoms with van der Waals surface area (Å²) in [5.41, 5.74) is 2.65. The van der Waals surface area contributed by atoms with E-state index in [4.69, 9.17) is 16.6 Å². The summed E-state index contributed by atoms with van der Waals surface area (Å²) in [6.45, 7) is 3.87. The van der Waals surface area contributed by atoms with E-state index in [-0.39, 0.29) is 10.7 Å². The van der Waals surface area contributed by atoms with Crippen LogP contribution in [0, 0.1) is 13.8 Å². The number of hydrogen-bond donors (Lipinski definition) is 1. The van der Waals surface area contributed by atoms with E-state index in [1.165, 1.54) is 11.0 Å². The van der Waals surface area contributed by atoms with Crippen molar-refractivity contribution in [1.82, 2.24) is 5.32 Å². The molecule has 1 aromatic carbocycles. The summed E-state index contributed by atoms with van der Waals surface area (Å²) in [7, 11) is 0. The zero-order valence-corrected chi connectivity index (χ0v) is 14.6. The second kappa shape index (κ2) is 6.86. The zero-order chi connectivity index (χ0) is 18.0. The molecule has 1 aliphatic heterocycles. The average Bonchev–Trinajstić information content (AvgIpc) is 3.05. The SMILES string of the molecule is Cc1ccc(N2C(=O)/C(=C/C=C/c3ccco3)C(=O)NC2=S)c(C)c1. The molecule has 0 bridgehead atoms. The first-order valence-corrected chi connectivity index (χ1v) is 8.07. The lowest BCUT2D eigenvalue weighted by Crippen LogP contribution is -2.54. The average molecular weight is 352 g/mol. The van der Waals surface area contributed by atoms with Gasteiger partial charge < -0.3 is 4.42 Å². The number of thiocarbonyl (C=S) groups is 1. The lowest BCUT2D eigenvalue weighted by Gasteiger charge is -2.30. The number of carbonyl (C=O) groups excluding carboxylic acids is 2. The molecular formula is C19H16N2O3S. The Bertz CT molecular complexity index is 911. The molecule has 1 aliphatic rings. The largest absolute Gasteiger partial charge is 0.465 e. The van der Waals surface area contributed by atoms with E-state index < -0.39 is 11.8 Å². The minimum Gasteiger partial charge on any atom is -0.465 e. The molecule has 0 saturated carbocycles. The molecule has 3 rings (SSSR count). The predicted octanol–water partition coefficient (Wildman–Crippen LogP) is 3.28. The van der Waals surface area contributed by atoms with Crippen molar-refractivity contribution in [2.75, 3.05) is 4.90 Å². The summed E-state index contributed by atoms with van der Waals surface area (Å²) >= 11 is 5.20. The number of aryl methyl sites for hydroxylation is 2. The number of allylic oxidation sites excluding steroid dienone is 2. The molecule has 1 saturated heterocycles. The molecule has 0 spiro atoms. The number of benzene rings is 1. The van der Waals surface area contributed by atoms with E-state index in [1.54, 1.807) is 30.5 Å². The summed E-state index contributed by atoms with van der Waals surface area (Å²) in [6, 6.07) is 9.21. The van der Waals surface area contributed by atoms with Crippen LogP contribution in [0.3, 0.4) is 0 Å². The van der Waals surface area contributed by atoms with Gasteiger partial charge in [0.2, 0.25) is 0 Å². The Morgan fingerprint density at radius 2 is 2.00 bits per heavy atom. The first-order chi connectivity index (χ1) is 12.0. The number of furan rings is 1. The first kappa shape index (κ1) is 16.9. The van der Waals surface area contributed by atoms with Crippen LogP contribution in [0.15, 0.2) is 58.7 Å². The highest BCUT2D eigenvalue weighted by Gasteiger charge is 2.34. The van der Waals surface area contributed by atoms with E-state index in [1.807, 2.05) is 32.0 Å². The standard InChI is InChI=1S/C19H16N2O3S/c1-12-8-9-16(13(2)11-12)21-18(23)15(17(22)20-19(21)25)7-3-5-14-6-4-10-24-14/h3-11H,1-2H3,(H,20,22,25)/b5-3+,15-7+. The van der Waals surface area contributed by atoms with Gasteiger partial charge in [-0.2, -0.15) is 0 Å². The first-order valence-electron chi connectivity index (χ1n) is 7.66. The van der Waals surface area contributed by atoms with Gasteiger partial charge >= 0.3 is 0 Å². The molecule has 0 radical (unpaired) electrons. The summed E-state index contributed by atoms with van der Waals surface area (Å²) in [5.74, 6) is -0.341. The Balaban J connectivity index is 1.94. The third-order valence-corrected chi connectivity index (χ3v) is 4.05. The maximum Gasteiger partial charge on any atom is 0.270 e. The van der Waals surface area contributed by atoms with Crippen LogP contribution in [0.1, 0.15) is 16.9 Å². The van der Waals surface area contributed by atoms with Gasteiger partial charge in [-0.05, 0) is 62.0 Å². The van der Waals surface area contributed by atoms with Gasteiger partial charge in [0.25, 0.3) is 11.8 Å². The Labute approximate surface area is 150 Å². The Kier molecular flexibility index (Phi) is 4.63. The summed E-state index contributed by atoms with van der Waals surface area (Å²) < 4.78 is 5.18. The van der Waals surface area contributed by atoms with Crippen molar-refractivity contribution < 1.29 is 14.0 Å².